The van der Waals surface area contributed by atoms with Gasteiger partial charge in [0.15, 0.2) is 5.78 Å². The van der Waals surface area contributed by atoms with Crippen molar-refractivity contribution in [3.63, 3.8) is 0 Å². The number of Topliss-reactive ketones (excluding diaryl/α,β-unsaturated/α-hetero) is 1. The van der Waals surface area contributed by atoms with Gasteiger partial charge in [0.25, 0.3) is 0 Å². The molecule has 0 fully saturated rings. The summed E-state index contributed by atoms with van der Waals surface area (Å²) in [7, 11) is 0. The minimum Gasteiger partial charge on any atom is -0.366 e. The molecule has 2 rings (SSSR count). The molecule has 0 bridgehead atoms. The highest BCUT2D eigenvalue weighted by Gasteiger charge is 2.22. The smallest absolute Gasteiger partial charge is 0.250 e. The van der Waals surface area contributed by atoms with Gasteiger partial charge in [-0.2, -0.15) is 0 Å². The standard InChI is InChI=1S/C15H18BrNO3/c1-15(2,3)20-8-14(19)17-12-6-9-4-5-13(18)10(9)7-11(12)16/h6-7H,4-5,8H2,1-3H3,(H,17,19). The summed E-state index contributed by atoms with van der Waals surface area (Å²) in [5, 5.41) is 2.81. The Bertz CT molecular complexity index is 561. The normalized spacial score (nSPS) is 14.3. The van der Waals surface area contributed by atoms with E-state index in [9.17, 15) is 9.59 Å². The van der Waals surface area contributed by atoms with Crippen LogP contribution < -0.4 is 5.32 Å². The molecule has 0 heterocycles. The Balaban J connectivity index is 2.07. The fourth-order valence-corrected chi connectivity index (χ4v) is 2.47. The third-order valence-electron chi connectivity index (χ3n) is 3.03. The molecule has 20 heavy (non-hydrogen) atoms. The highest BCUT2D eigenvalue weighted by molar-refractivity contribution is 9.10. The van der Waals surface area contributed by atoms with E-state index in [-0.39, 0.29) is 23.9 Å². The third-order valence-corrected chi connectivity index (χ3v) is 3.68. The van der Waals surface area contributed by atoms with Crippen LogP contribution in [0.15, 0.2) is 16.6 Å². The first-order chi connectivity index (χ1) is 9.26. The van der Waals surface area contributed by atoms with Crippen LogP contribution in [0.2, 0.25) is 0 Å². The van der Waals surface area contributed by atoms with Gasteiger partial charge < -0.3 is 10.1 Å². The molecule has 0 unspecified atom stereocenters. The summed E-state index contributed by atoms with van der Waals surface area (Å²) >= 11 is 3.39. The summed E-state index contributed by atoms with van der Waals surface area (Å²) in [5.41, 5.74) is 2.07. The van der Waals surface area contributed by atoms with E-state index in [1.54, 1.807) is 6.07 Å². The van der Waals surface area contributed by atoms with Gasteiger partial charge in [0.05, 0.1) is 11.3 Å². The summed E-state index contributed by atoms with van der Waals surface area (Å²) in [6.07, 6.45) is 1.29. The lowest BCUT2D eigenvalue weighted by atomic mass is 10.1. The number of benzene rings is 1. The second-order valence-corrected chi connectivity index (χ2v) is 6.72. The number of ketones is 1. The summed E-state index contributed by atoms with van der Waals surface area (Å²) in [6, 6.07) is 3.64. The molecule has 1 aromatic carbocycles. The van der Waals surface area contributed by atoms with Crippen molar-refractivity contribution in [2.24, 2.45) is 0 Å². The minimum absolute atomic E-state index is 0.00591. The van der Waals surface area contributed by atoms with E-state index in [4.69, 9.17) is 4.74 Å². The lowest BCUT2D eigenvalue weighted by Gasteiger charge is -2.19. The SMILES string of the molecule is CC(C)(C)OCC(=O)Nc1cc2c(cc1Br)C(=O)CC2. The lowest BCUT2D eigenvalue weighted by Crippen LogP contribution is -2.27. The van der Waals surface area contributed by atoms with E-state index in [0.29, 0.717) is 12.1 Å². The molecule has 1 aliphatic rings. The largest absolute Gasteiger partial charge is 0.366 e. The first-order valence-electron chi connectivity index (χ1n) is 6.56. The Labute approximate surface area is 127 Å². The number of rotatable bonds is 3. The average Bonchev–Trinajstić information content (AvgIpc) is 2.68. The maximum atomic E-state index is 11.9. The van der Waals surface area contributed by atoms with Crippen LogP contribution in [0.1, 0.15) is 43.1 Å². The Morgan fingerprint density at radius 2 is 2.05 bits per heavy atom. The van der Waals surface area contributed by atoms with Crippen LogP contribution in [0.3, 0.4) is 0 Å². The molecule has 0 aromatic heterocycles. The van der Waals surface area contributed by atoms with E-state index in [0.717, 1.165) is 22.0 Å². The van der Waals surface area contributed by atoms with Crippen LogP contribution in [-0.4, -0.2) is 23.9 Å². The van der Waals surface area contributed by atoms with Crippen molar-refractivity contribution >= 4 is 33.3 Å². The molecular formula is C15H18BrNO3. The van der Waals surface area contributed by atoms with Gasteiger partial charge in [-0.05, 0) is 60.8 Å². The van der Waals surface area contributed by atoms with Crippen LogP contribution in [-0.2, 0) is 16.0 Å². The number of anilines is 1. The summed E-state index contributed by atoms with van der Waals surface area (Å²) < 4.78 is 6.15. The van der Waals surface area contributed by atoms with Gasteiger partial charge in [-0.15, -0.1) is 0 Å². The number of amides is 1. The number of hydrogen-bond donors (Lipinski definition) is 1. The molecule has 0 saturated carbocycles. The van der Waals surface area contributed by atoms with Crippen molar-refractivity contribution in [2.45, 2.75) is 39.2 Å². The Kier molecular flexibility index (Phi) is 4.30. The zero-order chi connectivity index (χ0) is 14.9. The molecule has 0 spiro atoms. The second-order valence-electron chi connectivity index (χ2n) is 5.86. The van der Waals surface area contributed by atoms with E-state index in [1.165, 1.54) is 0 Å². The second kappa shape index (κ2) is 5.66. The van der Waals surface area contributed by atoms with Crippen LogP contribution >= 0.6 is 15.9 Å². The number of fused-ring (bicyclic) bond motifs is 1. The van der Waals surface area contributed by atoms with Crippen molar-refractivity contribution in [3.05, 3.63) is 27.7 Å². The molecular weight excluding hydrogens is 322 g/mol. The Hall–Kier alpha value is -1.20. The van der Waals surface area contributed by atoms with Crippen LogP contribution in [0, 0.1) is 0 Å². The van der Waals surface area contributed by atoms with Crippen molar-refractivity contribution in [1.29, 1.82) is 0 Å². The molecule has 4 nitrogen and oxygen atoms in total. The third kappa shape index (κ3) is 3.67. The average molecular weight is 340 g/mol. The number of carbonyl (C=O) groups is 2. The van der Waals surface area contributed by atoms with Gasteiger partial charge in [0.1, 0.15) is 6.61 Å². The van der Waals surface area contributed by atoms with Crippen molar-refractivity contribution in [3.8, 4) is 0 Å². The molecule has 0 atom stereocenters. The number of ether oxygens (including phenoxy) is 1. The summed E-state index contributed by atoms with van der Waals surface area (Å²) in [4.78, 5) is 23.5. The fraction of sp³-hybridized carbons (Fsp3) is 0.467. The van der Waals surface area contributed by atoms with E-state index in [1.807, 2.05) is 26.8 Å². The lowest BCUT2D eigenvalue weighted by molar-refractivity contribution is -0.125. The number of hydrogen-bond acceptors (Lipinski definition) is 3. The molecule has 0 aliphatic heterocycles. The predicted molar refractivity (Wildman–Crippen MR) is 81.1 cm³/mol. The van der Waals surface area contributed by atoms with E-state index in [2.05, 4.69) is 21.2 Å². The molecule has 1 amide bonds. The highest BCUT2D eigenvalue weighted by atomic mass is 79.9. The number of nitrogens with one attached hydrogen (secondary N) is 1. The van der Waals surface area contributed by atoms with Crippen molar-refractivity contribution in [1.82, 2.24) is 0 Å². The maximum Gasteiger partial charge on any atom is 0.250 e. The number of carbonyl (C=O) groups excluding carboxylic acids is 2. The summed E-state index contributed by atoms with van der Waals surface area (Å²) in [5.74, 6) is -0.0421. The minimum atomic E-state index is -0.348. The zero-order valence-corrected chi connectivity index (χ0v) is 13.5. The molecule has 1 N–H and O–H groups in total. The van der Waals surface area contributed by atoms with Gasteiger partial charge >= 0.3 is 0 Å². The molecule has 0 radical (unpaired) electrons. The highest BCUT2D eigenvalue weighted by Crippen LogP contribution is 2.31. The first kappa shape index (κ1) is 15.2. The van der Waals surface area contributed by atoms with Crippen LogP contribution in [0.25, 0.3) is 0 Å². The molecule has 0 saturated heterocycles. The monoisotopic (exact) mass is 339 g/mol. The number of halogens is 1. The maximum absolute atomic E-state index is 11.9. The Morgan fingerprint density at radius 1 is 1.35 bits per heavy atom. The van der Waals surface area contributed by atoms with Gasteiger partial charge in [-0.3, -0.25) is 9.59 Å². The van der Waals surface area contributed by atoms with Gasteiger partial charge in [0, 0.05) is 16.5 Å². The van der Waals surface area contributed by atoms with Gasteiger partial charge in [-0.25, -0.2) is 0 Å². The Morgan fingerprint density at radius 3 is 2.70 bits per heavy atom. The van der Waals surface area contributed by atoms with Crippen LogP contribution in [0.4, 0.5) is 5.69 Å². The molecule has 5 heteroatoms. The number of aryl methyl sites for hydroxylation is 1. The molecule has 108 valence electrons. The quantitative estimate of drug-likeness (QED) is 0.918. The zero-order valence-electron chi connectivity index (χ0n) is 11.9. The van der Waals surface area contributed by atoms with Crippen molar-refractivity contribution < 1.29 is 14.3 Å². The summed E-state index contributed by atoms with van der Waals surface area (Å²) in [6.45, 7) is 5.71. The first-order valence-corrected chi connectivity index (χ1v) is 7.35. The topological polar surface area (TPSA) is 55.4 Å². The van der Waals surface area contributed by atoms with E-state index < -0.39 is 0 Å². The van der Waals surface area contributed by atoms with Gasteiger partial charge in [-0.1, -0.05) is 0 Å². The van der Waals surface area contributed by atoms with E-state index >= 15 is 0 Å². The predicted octanol–water partition coefficient (Wildman–Crippen LogP) is 3.33. The van der Waals surface area contributed by atoms with Crippen LogP contribution in [0.5, 0.6) is 0 Å². The fourth-order valence-electron chi connectivity index (χ4n) is 2.03. The molecule has 1 aromatic rings. The molecule has 1 aliphatic carbocycles. The van der Waals surface area contributed by atoms with Gasteiger partial charge in [0.2, 0.25) is 5.91 Å². The van der Waals surface area contributed by atoms with Crippen molar-refractivity contribution in [2.75, 3.05) is 11.9 Å².